The van der Waals surface area contributed by atoms with Crippen molar-refractivity contribution in [2.45, 2.75) is 19.9 Å². The Hall–Kier alpha value is -1.82. The summed E-state index contributed by atoms with van der Waals surface area (Å²) in [5.41, 5.74) is -0.103. The molecule has 0 bridgehead atoms. The van der Waals surface area contributed by atoms with Crippen LogP contribution in [0.15, 0.2) is 18.2 Å². The van der Waals surface area contributed by atoms with Gasteiger partial charge in [-0.3, -0.25) is 14.9 Å². The van der Waals surface area contributed by atoms with E-state index in [1.165, 1.54) is 25.3 Å². The normalized spacial score (nSPS) is 13.4. The lowest BCUT2D eigenvalue weighted by molar-refractivity contribution is -0.385. The molecule has 0 aromatic heterocycles. The number of nitrogens with one attached hydrogen (secondary N) is 1. The van der Waals surface area contributed by atoms with Crippen molar-refractivity contribution in [2.75, 3.05) is 13.0 Å². The number of para-hydroxylation sites is 1. The molecule has 0 aliphatic carbocycles. The first-order valence-electron chi connectivity index (χ1n) is 6.10. The van der Waals surface area contributed by atoms with Crippen molar-refractivity contribution in [3.8, 4) is 5.75 Å². The molecule has 1 aromatic rings. The van der Waals surface area contributed by atoms with Crippen LogP contribution in [0, 0.1) is 16.0 Å². The van der Waals surface area contributed by atoms with Gasteiger partial charge in [0.2, 0.25) is 5.75 Å². The molecule has 0 saturated heterocycles. The molecule has 20 heavy (non-hydrogen) atoms. The molecule has 0 radical (unpaired) electrons. The number of nitro groups is 1. The van der Waals surface area contributed by atoms with Crippen LogP contribution in [0.4, 0.5) is 5.69 Å². The van der Waals surface area contributed by atoms with E-state index in [-0.39, 0.29) is 29.0 Å². The fourth-order valence-electron chi connectivity index (χ4n) is 1.62. The van der Waals surface area contributed by atoms with Crippen LogP contribution < -0.4 is 10.1 Å². The van der Waals surface area contributed by atoms with E-state index in [0.29, 0.717) is 5.88 Å². The maximum Gasteiger partial charge on any atom is 0.311 e. The largest absolute Gasteiger partial charge is 0.490 e. The number of carbonyl (C=O) groups is 1. The molecule has 0 aliphatic heterocycles. The first-order chi connectivity index (χ1) is 9.42. The minimum Gasteiger partial charge on any atom is -0.490 e. The minimum atomic E-state index is -0.583. The molecular formula is C13H17ClN2O4. The van der Waals surface area contributed by atoms with Gasteiger partial charge in [-0.15, -0.1) is 11.6 Å². The maximum atomic E-state index is 12.2. The molecule has 0 fully saturated rings. The number of nitro benzene ring substituents is 1. The molecular weight excluding hydrogens is 284 g/mol. The van der Waals surface area contributed by atoms with Gasteiger partial charge >= 0.3 is 5.69 Å². The number of ether oxygens (including phenoxy) is 1. The quantitative estimate of drug-likeness (QED) is 0.497. The summed E-state index contributed by atoms with van der Waals surface area (Å²) in [7, 11) is 1.30. The number of rotatable bonds is 6. The van der Waals surface area contributed by atoms with Crippen LogP contribution in [0.1, 0.15) is 24.2 Å². The van der Waals surface area contributed by atoms with Gasteiger partial charge in [0.15, 0.2) is 0 Å². The fourth-order valence-corrected chi connectivity index (χ4v) is 1.89. The van der Waals surface area contributed by atoms with Gasteiger partial charge in [0.25, 0.3) is 5.91 Å². The molecule has 2 atom stereocenters. The molecule has 110 valence electrons. The van der Waals surface area contributed by atoms with Crippen molar-refractivity contribution in [3.05, 3.63) is 33.9 Å². The van der Waals surface area contributed by atoms with Crippen molar-refractivity contribution in [1.29, 1.82) is 0 Å². The van der Waals surface area contributed by atoms with Gasteiger partial charge in [-0.25, -0.2) is 0 Å². The molecule has 0 heterocycles. The first kappa shape index (κ1) is 16.2. The van der Waals surface area contributed by atoms with Crippen LogP contribution in [-0.2, 0) is 0 Å². The van der Waals surface area contributed by atoms with Crippen LogP contribution in [0.5, 0.6) is 5.75 Å². The summed E-state index contributed by atoms with van der Waals surface area (Å²) in [6.07, 6.45) is 0. The molecule has 2 unspecified atom stereocenters. The number of benzene rings is 1. The van der Waals surface area contributed by atoms with Crippen LogP contribution in [-0.4, -0.2) is 29.9 Å². The number of nitrogens with zero attached hydrogens (tertiary/aromatic N) is 1. The lowest BCUT2D eigenvalue weighted by Gasteiger charge is -2.19. The highest BCUT2D eigenvalue weighted by atomic mass is 35.5. The second-order valence-electron chi connectivity index (χ2n) is 4.51. The smallest absolute Gasteiger partial charge is 0.311 e. The standard InChI is InChI=1S/C13H17ClN2O4/c1-8(7-14)9(2)15-13(17)10-5-4-6-11(16(18)19)12(10)20-3/h4-6,8-9H,7H2,1-3H3,(H,15,17). The van der Waals surface area contributed by atoms with E-state index >= 15 is 0 Å². The average Bonchev–Trinajstić information content (AvgIpc) is 2.44. The maximum absolute atomic E-state index is 12.2. The Morgan fingerprint density at radius 3 is 2.65 bits per heavy atom. The Bertz CT molecular complexity index is 507. The Labute approximate surface area is 122 Å². The van der Waals surface area contributed by atoms with Crippen LogP contribution in [0.3, 0.4) is 0 Å². The molecule has 1 amide bonds. The SMILES string of the molecule is COc1c(C(=O)NC(C)C(C)CCl)cccc1[N+](=O)[O-]. The van der Waals surface area contributed by atoms with E-state index in [1.54, 1.807) is 0 Å². The Morgan fingerprint density at radius 1 is 1.50 bits per heavy atom. The molecule has 1 rings (SSSR count). The van der Waals surface area contributed by atoms with Crippen molar-refractivity contribution < 1.29 is 14.5 Å². The Balaban J connectivity index is 3.04. The van der Waals surface area contributed by atoms with E-state index in [4.69, 9.17) is 16.3 Å². The highest BCUT2D eigenvalue weighted by Crippen LogP contribution is 2.30. The summed E-state index contributed by atoms with van der Waals surface area (Å²) < 4.78 is 5.00. The van der Waals surface area contributed by atoms with Crippen molar-refractivity contribution >= 4 is 23.2 Å². The topological polar surface area (TPSA) is 81.5 Å². The van der Waals surface area contributed by atoms with Gasteiger partial charge in [-0.1, -0.05) is 13.0 Å². The molecule has 1 aromatic carbocycles. The summed E-state index contributed by atoms with van der Waals surface area (Å²) in [5.74, 6) is 0.0362. The zero-order valence-corrected chi connectivity index (χ0v) is 12.3. The third-order valence-corrected chi connectivity index (χ3v) is 3.58. The zero-order valence-electron chi connectivity index (χ0n) is 11.6. The van der Waals surface area contributed by atoms with Gasteiger partial charge in [0.05, 0.1) is 17.6 Å². The summed E-state index contributed by atoms with van der Waals surface area (Å²) in [6, 6.07) is 4.08. The lowest BCUT2D eigenvalue weighted by Crippen LogP contribution is -2.37. The van der Waals surface area contributed by atoms with Crippen LogP contribution in [0.25, 0.3) is 0 Å². The summed E-state index contributed by atoms with van der Waals surface area (Å²) in [4.78, 5) is 22.5. The number of alkyl halides is 1. The number of amides is 1. The van der Waals surface area contributed by atoms with Crippen molar-refractivity contribution in [2.24, 2.45) is 5.92 Å². The van der Waals surface area contributed by atoms with Gasteiger partial charge in [-0.05, 0) is 18.9 Å². The highest BCUT2D eigenvalue weighted by molar-refractivity contribution is 6.18. The third-order valence-electron chi connectivity index (χ3n) is 3.10. The van der Waals surface area contributed by atoms with Gasteiger partial charge in [-0.2, -0.15) is 0 Å². The summed E-state index contributed by atoms with van der Waals surface area (Å²) in [6.45, 7) is 3.73. The molecule has 6 nitrogen and oxygen atoms in total. The lowest BCUT2D eigenvalue weighted by atomic mass is 10.1. The van der Waals surface area contributed by atoms with Crippen molar-refractivity contribution in [1.82, 2.24) is 5.32 Å². The monoisotopic (exact) mass is 300 g/mol. The summed E-state index contributed by atoms with van der Waals surface area (Å²) in [5, 5.41) is 13.7. The molecule has 1 N–H and O–H groups in total. The zero-order chi connectivity index (χ0) is 15.3. The fraction of sp³-hybridized carbons (Fsp3) is 0.462. The molecule has 0 spiro atoms. The number of halogens is 1. The van der Waals surface area contributed by atoms with Crippen molar-refractivity contribution in [3.63, 3.8) is 0 Å². The van der Waals surface area contributed by atoms with E-state index in [2.05, 4.69) is 5.32 Å². The minimum absolute atomic E-state index is 0.0410. The summed E-state index contributed by atoms with van der Waals surface area (Å²) >= 11 is 5.74. The average molecular weight is 301 g/mol. The highest BCUT2D eigenvalue weighted by Gasteiger charge is 2.24. The van der Waals surface area contributed by atoms with E-state index < -0.39 is 10.8 Å². The van der Waals surface area contributed by atoms with Gasteiger partial charge in [0.1, 0.15) is 0 Å². The predicted molar refractivity (Wildman–Crippen MR) is 76.5 cm³/mol. The van der Waals surface area contributed by atoms with E-state index in [1.807, 2.05) is 13.8 Å². The molecule has 7 heteroatoms. The van der Waals surface area contributed by atoms with Gasteiger partial charge in [0, 0.05) is 18.0 Å². The number of hydrogen-bond acceptors (Lipinski definition) is 4. The third kappa shape index (κ3) is 3.60. The second-order valence-corrected chi connectivity index (χ2v) is 4.82. The predicted octanol–water partition coefficient (Wildman–Crippen LogP) is 2.60. The number of methoxy groups -OCH3 is 1. The second kappa shape index (κ2) is 7.09. The Kier molecular flexibility index (Phi) is 5.76. The van der Waals surface area contributed by atoms with E-state index in [0.717, 1.165) is 0 Å². The van der Waals surface area contributed by atoms with Gasteiger partial charge < -0.3 is 10.1 Å². The van der Waals surface area contributed by atoms with E-state index in [9.17, 15) is 14.9 Å². The molecule has 0 aliphatic rings. The van der Waals surface area contributed by atoms with Crippen LogP contribution in [0.2, 0.25) is 0 Å². The Morgan fingerprint density at radius 2 is 2.15 bits per heavy atom. The number of hydrogen-bond donors (Lipinski definition) is 1. The first-order valence-corrected chi connectivity index (χ1v) is 6.64. The molecule has 0 saturated carbocycles. The van der Waals surface area contributed by atoms with Crippen LogP contribution >= 0.6 is 11.6 Å². The number of carbonyl (C=O) groups excluding carboxylic acids is 1.